The Morgan fingerprint density at radius 2 is 0.933 bits per heavy atom. The van der Waals surface area contributed by atoms with Crippen LogP contribution >= 0.6 is 0 Å². The first-order chi connectivity index (χ1) is 12.5. The van der Waals surface area contributed by atoms with Gasteiger partial charge in [0.1, 0.15) is 0 Å². The van der Waals surface area contributed by atoms with Gasteiger partial charge in [0.2, 0.25) is 0 Å². The average Bonchev–Trinajstić information content (AvgIpc) is 2.47. The van der Waals surface area contributed by atoms with Crippen LogP contribution in [0.1, 0.15) is 38.5 Å². The molecule has 0 radical (unpaired) electrons. The molecule has 0 bridgehead atoms. The van der Waals surface area contributed by atoms with Crippen LogP contribution in [0.4, 0.5) is 57.1 Å². The summed E-state index contributed by atoms with van der Waals surface area (Å²) in [6.45, 7) is 0. The molecule has 0 aromatic rings. The van der Waals surface area contributed by atoms with Gasteiger partial charge in [-0.2, -0.15) is 57.1 Å². The van der Waals surface area contributed by atoms with Gasteiger partial charge in [-0.1, -0.05) is 12.8 Å². The fourth-order valence-corrected chi connectivity index (χ4v) is 2.39. The van der Waals surface area contributed by atoms with E-state index in [1.54, 1.807) is 0 Å². The minimum absolute atomic E-state index is 0. The van der Waals surface area contributed by atoms with Crippen LogP contribution in [-0.4, -0.2) is 48.1 Å². The Hall–Kier alpha value is -0.000000000000000444. The summed E-state index contributed by atoms with van der Waals surface area (Å²) in [7, 11) is -7.67. The Balaban J connectivity index is 0. The molecule has 0 amide bonds. The first kappa shape index (κ1) is 32.2. The van der Waals surface area contributed by atoms with Crippen LogP contribution in [-0.2, 0) is 10.1 Å². The third-order valence-corrected chi connectivity index (χ3v) is 4.51. The Labute approximate surface area is 183 Å². The summed E-state index contributed by atoms with van der Waals surface area (Å²) >= 11 is 0. The van der Waals surface area contributed by atoms with Crippen LogP contribution < -0.4 is 29.6 Å². The molecule has 0 aromatic carbocycles. The summed E-state index contributed by atoms with van der Waals surface area (Å²) in [5, 5.41) is -7.36. The first-order valence-corrected chi connectivity index (χ1v) is 8.78. The summed E-state index contributed by atoms with van der Waals surface area (Å²) in [4.78, 5) is 0. The molecule has 0 heterocycles. The summed E-state index contributed by atoms with van der Waals surface area (Å²) in [5.41, 5.74) is 0. The van der Waals surface area contributed by atoms with Crippen molar-refractivity contribution in [3.8, 4) is 0 Å². The standard InChI is InChI=1S/C12H13F13O3S.Na/c13-7(14,5-3-1-2-4-6-8(15,16)17)9(18,19)10(20,21)11(22,23)12(24,25)29(26,27)28;/h1-6H2,(H,26,27,28);/q;+1/p-1. The van der Waals surface area contributed by atoms with Crippen molar-refractivity contribution in [2.45, 2.75) is 73.6 Å². The molecule has 0 aromatic heterocycles. The van der Waals surface area contributed by atoms with E-state index in [-0.39, 0.29) is 29.6 Å². The molecule has 0 spiro atoms. The second-order valence-corrected chi connectivity index (χ2v) is 7.35. The Morgan fingerprint density at radius 3 is 1.27 bits per heavy atom. The van der Waals surface area contributed by atoms with E-state index in [1.807, 2.05) is 0 Å². The van der Waals surface area contributed by atoms with Gasteiger partial charge in [-0.05, 0) is 12.8 Å². The molecule has 3 nitrogen and oxygen atoms in total. The average molecular weight is 506 g/mol. The smallest absolute Gasteiger partial charge is 0.743 e. The van der Waals surface area contributed by atoms with Crippen LogP contribution in [0.3, 0.4) is 0 Å². The maximum atomic E-state index is 13.4. The second kappa shape index (κ2) is 9.87. The first-order valence-electron chi connectivity index (χ1n) is 7.37. The van der Waals surface area contributed by atoms with Gasteiger partial charge in [0, 0.05) is 12.8 Å². The molecule has 0 saturated heterocycles. The fraction of sp³-hybridized carbons (Fsp3) is 1.00. The molecule has 0 unspecified atom stereocenters. The minimum Gasteiger partial charge on any atom is -0.743 e. The second-order valence-electron chi connectivity index (χ2n) is 5.93. The van der Waals surface area contributed by atoms with E-state index < -0.39 is 83.8 Å². The molecule has 0 aliphatic carbocycles. The van der Waals surface area contributed by atoms with Crippen molar-refractivity contribution in [2.75, 3.05) is 0 Å². The molecule has 18 heteroatoms. The van der Waals surface area contributed by atoms with Crippen molar-refractivity contribution < 1.29 is 99.6 Å². The van der Waals surface area contributed by atoms with Crippen molar-refractivity contribution in [2.24, 2.45) is 0 Å². The van der Waals surface area contributed by atoms with E-state index in [0.29, 0.717) is 0 Å². The zero-order valence-corrected chi connectivity index (χ0v) is 17.6. The zero-order valence-electron chi connectivity index (χ0n) is 14.8. The number of halogens is 13. The van der Waals surface area contributed by atoms with Crippen molar-refractivity contribution in [3.05, 3.63) is 0 Å². The van der Waals surface area contributed by atoms with Crippen LogP contribution in [0.25, 0.3) is 0 Å². The van der Waals surface area contributed by atoms with E-state index in [9.17, 15) is 70.0 Å². The largest absolute Gasteiger partial charge is 1.00 e. The van der Waals surface area contributed by atoms with Gasteiger partial charge in [0.25, 0.3) is 0 Å². The number of rotatable bonds is 11. The van der Waals surface area contributed by atoms with E-state index in [2.05, 4.69) is 0 Å². The molecule has 0 aliphatic heterocycles. The third kappa shape index (κ3) is 6.51. The molecule has 0 N–H and O–H groups in total. The molecule has 0 atom stereocenters. The van der Waals surface area contributed by atoms with E-state index in [0.717, 1.165) is 0 Å². The Morgan fingerprint density at radius 1 is 0.567 bits per heavy atom. The maximum absolute atomic E-state index is 13.4. The summed E-state index contributed by atoms with van der Waals surface area (Å²) < 4.78 is 197. The van der Waals surface area contributed by atoms with Crippen molar-refractivity contribution >= 4 is 10.1 Å². The van der Waals surface area contributed by atoms with Gasteiger partial charge in [-0.3, -0.25) is 0 Å². The molecule has 0 saturated carbocycles. The number of hydrogen-bond donors (Lipinski definition) is 0. The van der Waals surface area contributed by atoms with Crippen LogP contribution in [0.15, 0.2) is 0 Å². The monoisotopic (exact) mass is 506 g/mol. The molecule has 0 rings (SSSR count). The van der Waals surface area contributed by atoms with Crippen LogP contribution in [0.5, 0.6) is 0 Å². The van der Waals surface area contributed by atoms with Gasteiger partial charge in [0.05, 0.1) is 0 Å². The third-order valence-electron chi connectivity index (χ3n) is 3.63. The predicted molar refractivity (Wildman–Crippen MR) is 68.2 cm³/mol. The molecular weight excluding hydrogens is 494 g/mol. The normalized spacial score (nSPS) is 15.1. The van der Waals surface area contributed by atoms with Crippen LogP contribution in [0, 0.1) is 0 Å². The topological polar surface area (TPSA) is 57.2 Å². The van der Waals surface area contributed by atoms with Gasteiger partial charge < -0.3 is 4.55 Å². The molecule has 176 valence electrons. The molecule has 0 fully saturated rings. The quantitative estimate of drug-likeness (QED) is 0.188. The maximum Gasteiger partial charge on any atom is 1.00 e. The number of unbranched alkanes of at least 4 members (excludes halogenated alkanes) is 3. The van der Waals surface area contributed by atoms with E-state index in [1.165, 1.54) is 0 Å². The van der Waals surface area contributed by atoms with E-state index >= 15 is 0 Å². The van der Waals surface area contributed by atoms with Crippen molar-refractivity contribution in [3.63, 3.8) is 0 Å². The van der Waals surface area contributed by atoms with E-state index in [4.69, 9.17) is 0 Å². The van der Waals surface area contributed by atoms with Crippen LogP contribution in [0.2, 0.25) is 0 Å². The fourth-order valence-electron chi connectivity index (χ4n) is 1.95. The Kier molecular flexibility index (Phi) is 10.6. The Bertz CT molecular complexity index is 661. The molecular formula is C12H12F13NaO3S. The van der Waals surface area contributed by atoms with Crippen molar-refractivity contribution in [1.82, 2.24) is 0 Å². The van der Waals surface area contributed by atoms with Crippen molar-refractivity contribution in [1.29, 1.82) is 0 Å². The minimum atomic E-state index is -7.72. The van der Waals surface area contributed by atoms with Gasteiger partial charge in [-0.15, -0.1) is 0 Å². The zero-order chi connectivity index (χ0) is 23.7. The number of hydrogen-bond acceptors (Lipinski definition) is 3. The number of alkyl halides is 13. The SMILES string of the molecule is O=S(=O)([O-])C(F)(F)C(F)(F)C(F)(F)C(F)(F)C(F)(F)CCCCCCC(F)(F)F.[Na+]. The molecule has 30 heavy (non-hydrogen) atoms. The summed E-state index contributed by atoms with van der Waals surface area (Å²) in [6, 6.07) is 0. The summed E-state index contributed by atoms with van der Waals surface area (Å²) in [6.07, 6.45) is -11.3. The van der Waals surface area contributed by atoms with Gasteiger partial charge >= 0.3 is 64.7 Å². The summed E-state index contributed by atoms with van der Waals surface area (Å²) in [5.74, 6) is -28.8. The molecule has 0 aliphatic rings. The van der Waals surface area contributed by atoms with Gasteiger partial charge in [0.15, 0.2) is 10.1 Å². The predicted octanol–water partition coefficient (Wildman–Crippen LogP) is 2.57. The van der Waals surface area contributed by atoms with Gasteiger partial charge in [-0.25, -0.2) is 8.42 Å².